The molecule has 0 aliphatic carbocycles. The Morgan fingerprint density at radius 2 is 0.602 bits per heavy atom. The van der Waals surface area contributed by atoms with E-state index in [0.29, 0.717) is 31.6 Å². The zero-order valence-electron chi connectivity index (χ0n) is 63.7. The highest BCUT2D eigenvalue weighted by atomic mass is 31.2. The van der Waals surface area contributed by atoms with E-state index in [1.54, 1.807) is 0 Å². The molecule has 0 aliphatic rings. The Hall–Kier alpha value is -2.46. The number of unbranched alkanes of at least 4 members (excludes halogenated alkanes) is 39. The highest BCUT2D eigenvalue weighted by Crippen LogP contribution is 2.45. The number of hydrogen-bond acceptors (Lipinski definition) is 15. The van der Waals surface area contributed by atoms with Gasteiger partial charge in [-0.3, -0.25) is 37.3 Å². The van der Waals surface area contributed by atoms with Crippen molar-refractivity contribution in [3.8, 4) is 0 Å². The highest BCUT2D eigenvalue weighted by molar-refractivity contribution is 7.47. The Labute approximate surface area is 599 Å². The van der Waals surface area contributed by atoms with Crippen LogP contribution in [-0.2, 0) is 65.4 Å². The van der Waals surface area contributed by atoms with Gasteiger partial charge in [-0.05, 0) is 69.1 Å². The molecular weight excluding hydrogens is 1280 g/mol. The summed E-state index contributed by atoms with van der Waals surface area (Å²) in [6, 6.07) is 0. The highest BCUT2D eigenvalue weighted by Gasteiger charge is 2.30. The summed E-state index contributed by atoms with van der Waals surface area (Å²) in [6.07, 6.45) is 59.3. The number of aliphatic hydroxyl groups is 1. The van der Waals surface area contributed by atoms with Gasteiger partial charge in [0.05, 0.1) is 26.4 Å². The van der Waals surface area contributed by atoms with Crippen LogP contribution in [0.1, 0.15) is 382 Å². The number of rotatable bonds is 75. The van der Waals surface area contributed by atoms with Gasteiger partial charge in [-0.1, -0.05) is 330 Å². The number of carbonyl (C=O) groups excluding carboxylic acids is 4. The predicted octanol–water partition coefficient (Wildman–Crippen LogP) is 22.9. The molecule has 17 nitrogen and oxygen atoms in total. The van der Waals surface area contributed by atoms with Crippen molar-refractivity contribution in [2.75, 3.05) is 39.6 Å². The van der Waals surface area contributed by atoms with E-state index in [1.165, 1.54) is 180 Å². The first-order valence-electron chi connectivity index (χ1n) is 40.2. The fraction of sp³-hybridized carbons (Fsp3) is 0.899. The first-order valence-corrected chi connectivity index (χ1v) is 43.2. The van der Waals surface area contributed by atoms with Gasteiger partial charge in [-0.15, -0.1) is 0 Å². The average Bonchev–Trinajstić information content (AvgIpc) is 1.10. The van der Waals surface area contributed by atoms with Crippen molar-refractivity contribution in [1.29, 1.82) is 0 Å². The van der Waals surface area contributed by atoms with Gasteiger partial charge < -0.3 is 33.8 Å². The number of allylic oxidation sites excluding steroid dienone is 4. The van der Waals surface area contributed by atoms with E-state index in [4.69, 9.17) is 37.0 Å². The van der Waals surface area contributed by atoms with E-state index in [0.717, 1.165) is 115 Å². The van der Waals surface area contributed by atoms with E-state index < -0.39 is 97.5 Å². The van der Waals surface area contributed by atoms with Crippen molar-refractivity contribution in [3.63, 3.8) is 0 Å². The molecule has 3 N–H and O–H groups in total. The molecule has 0 aromatic heterocycles. The molecule has 0 saturated carbocycles. The largest absolute Gasteiger partial charge is 0.472 e. The Kier molecular flexibility index (Phi) is 67.2. The second-order valence-corrected chi connectivity index (χ2v) is 31.9. The van der Waals surface area contributed by atoms with Crippen molar-refractivity contribution >= 4 is 39.5 Å². The van der Waals surface area contributed by atoms with Crippen molar-refractivity contribution in [2.24, 2.45) is 17.8 Å². The molecule has 0 aromatic rings. The minimum atomic E-state index is -4.97. The van der Waals surface area contributed by atoms with Gasteiger partial charge in [0.15, 0.2) is 12.2 Å². The van der Waals surface area contributed by atoms with E-state index in [9.17, 15) is 43.2 Å². The minimum Gasteiger partial charge on any atom is -0.462 e. The maximum absolute atomic E-state index is 13.1. The maximum Gasteiger partial charge on any atom is 0.472 e. The zero-order valence-corrected chi connectivity index (χ0v) is 65.5. The summed E-state index contributed by atoms with van der Waals surface area (Å²) in [6.45, 7) is 11.8. The third-order valence-corrected chi connectivity index (χ3v) is 20.0. The van der Waals surface area contributed by atoms with Crippen LogP contribution in [0, 0.1) is 17.8 Å². The number of aliphatic hydroxyl groups excluding tert-OH is 1. The van der Waals surface area contributed by atoms with Crippen molar-refractivity contribution in [3.05, 3.63) is 24.3 Å². The van der Waals surface area contributed by atoms with Gasteiger partial charge in [0.2, 0.25) is 0 Å². The summed E-state index contributed by atoms with van der Waals surface area (Å²) in [5.74, 6) is 0.142. The fourth-order valence-electron chi connectivity index (χ4n) is 11.6. The molecule has 0 radical (unpaired) electrons. The van der Waals surface area contributed by atoms with Gasteiger partial charge in [-0.2, -0.15) is 0 Å². The van der Waals surface area contributed by atoms with Crippen molar-refractivity contribution < 1.29 is 80.2 Å². The lowest BCUT2D eigenvalue weighted by molar-refractivity contribution is -0.161. The van der Waals surface area contributed by atoms with Crippen molar-refractivity contribution in [2.45, 2.75) is 401 Å². The monoisotopic (exact) mass is 1430 g/mol. The molecule has 0 saturated heterocycles. The minimum absolute atomic E-state index is 0.0851. The van der Waals surface area contributed by atoms with E-state index in [1.807, 2.05) is 0 Å². The molecule has 4 unspecified atom stereocenters. The van der Waals surface area contributed by atoms with Crippen LogP contribution in [0.4, 0.5) is 0 Å². The first kappa shape index (κ1) is 95.5. The van der Waals surface area contributed by atoms with Gasteiger partial charge in [-0.25, -0.2) is 9.13 Å². The number of ether oxygens (including phenoxy) is 4. The van der Waals surface area contributed by atoms with Crippen LogP contribution in [0.3, 0.4) is 0 Å². The van der Waals surface area contributed by atoms with E-state index in [2.05, 4.69) is 72.8 Å². The summed E-state index contributed by atoms with van der Waals surface area (Å²) >= 11 is 0. The third-order valence-electron chi connectivity index (χ3n) is 18.1. The van der Waals surface area contributed by atoms with Gasteiger partial charge in [0, 0.05) is 25.7 Å². The second kappa shape index (κ2) is 68.9. The third kappa shape index (κ3) is 70.6. The summed E-state index contributed by atoms with van der Waals surface area (Å²) in [5.41, 5.74) is 0. The van der Waals surface area contributed by atoms with E-state index in [-0.39, 0.29) is 25.7 Å². The van der Waals surface area contributed by atoms with Crippen LogP contribution < -0.4 is 0 Å². The standard InChI is InChI=1S/C79H150O17P2/c1-8-10-11-12-13-14-15-16-21-26-29-32-41-48-55-62-78(83)95-74(66-89-76(81)60-53-46-39-31-28-25-23-20-18-17-19-22-24-27-30-38-45-52-59-72(7)9-2)68-93-97(85,86)91-64-73(80)65-92-98(87,88)94-69-75(96-79(84)63-56-49-42-35-37-44-51-58-71(5)6)67-90-77(82)61-54-47-40-34-33-36-43-50-57-70(3)4/h14-16,21,70-75,80H,8-13,17-20,22-69H2,1-7H3,(H,85,86)(H,87,88)/b15-14-,21-16-/t72?,73?,74-,75-/m1/s1. The number of esters is 4. The fourth-order valence-corrected chi connectivity index (χ4v) is 13.1. The van der Waals surface area contributed by atoms with Crippen LogP contribution in [-0.4, -0.2) is 96.7 Å². The Bertz CT molecular complexity index is 2000. The predicted molar refractivity (Wildman–Crippen MR) is 400 cm³/mol. The number of hydrogen-bond donors (Lipinski definition) is 3. The summed E-state index contributed by atoms with van der Waals surface area (Å²) in [4.78, 5) is 72.8. The molecule has 0 spiro atoms. The van der Waals surface area contributed by atoms with Gasteiger partial charge >= 0.3 is 39.5 Å². The molecule has 578 valence electrons. The molecule has 0 rings (SSSR count). The molecule has 19 heteroatoms. The Morgan fingerprint density at radius 1 is 0.337 bits per heavy atom. The summed E-state index contributed by atoms with van der Waals surface area (Å²) < 4.78 is 68.5. The van der Waals surface area contributed by atoms with E-state index >= 15 is 0 Å². The van der Waals surface area contributed by atoms with Crippen LogP contribution in [0.15, 0.2) is 24.3 Å². The smallest absolute Gasteiger partial charge is 0.462 e. The first-order chi connectivity index (χ1) is 47.3. The molecule has 0 bridgehead atoms. The second-order valence-electron chi connectivity index (χ2n) is 29.0. The van der Waals surface area contributed by atoms with Crippen LogP contribution in [0.25, 0.3) is 0 Å². The Balaban J connectivity index is 5.21. The SMILES string of the molecule is CCCCCC/C=C\C=C/CCCCCCCC(=O)O[C@H](COC(=O)CCCCCCCCCCCCCCCCCCCCC(C)CC)COP(=O)(O)OCC(O)COP(=O)(O)OC[C@@H](COC(=O)CCCCCCCCCCC(C)C)OC(=O)CCCCCCCCCC(C)C. The lowest BCUT2D eigenvalue weighted by atomic mass is 9.99. The normalized spacial score (nSPS) is 14.4. The lowest BCUT2D eigenvalue weighted by Gasteiger charge is -2.21. The molecule has 0 fully saturated rings. The number of phosphoric ester groups is 2. The molecule has 0 heterocycles. The number of carbonyl (C=O) groups is 4. The molecule has 98 heavy (non-hydrogen) atoms. The van der Waals surface area contributed by atoms with Crippen LogP contribution >= 0.6 is 15.6 Å². The molecule has 0 amide bonds. The molecule has 6 atom stereocenters. The molecule has 0 aromatic carbocycles. The van der Waals surface area contributed by atoms with Gasteiger partial charge in [0.25, 0.3) is 0 Å². The zero-order chi connectivity index (χ0) is 72.3. The summed E-state index contributed by atoms with van der Waals surface area (Å²) in [5, 5.41) is 10.6. The van der Waals surface area contributed by atoms with Gasteiger partial charge in [0.1, 0.15) is 19.3 Å². The van der Waals surface area contributed by atoms with Crippen molar-refractivity contribution in [1.82, 2.24) is 0 Å². The molecular formula is C79H150O17P2. The molecule has 0 aliphatic heterocycles. The van der Waals surface area contributed by atoms with Crippen LogP contribution in [0.5, 0.6) is 0 Å². The quantitative estimate of drug-likeness (QED) is 0.0169. The topological polar surface area (TPSA) is 237 Å². The lowest BCUT2D eigenvalue weighted by Crippen LogP contribution is -2.30. The number of phosphoric acid groups is 2. The Morgan fingerprint density at radius 3 is 0.908 bits per heavy atom. The van der Waals surface area contributed by atoms with Crippen LogP contribution in [0.2, 0.25) is 0 Å². The average molecular weight is 1430 g/mol. The summed E-state index contributed by atoms with van der Waals surface area (Å²) in [7, 11) is -9.93. The maximum atomic E-state index is 13.1.